The summed E-state index contributed by atoms with van der Waals surface area (Å²) >= 11 is 1.80. The highest BCUT2D eigenvalue weighted by Crippen LogP contribution is 2.14. The number of rotatable bonds is 7. The summed E-state index contributed by atoms with van der Waals surface area (Å²) in [5, 5.41) is 4.62. The van der Waals surface area contributed by atoms with Gasteiger partial charge in [0.05, 0.1) is 20.1 Å². The van der Waals surface area contributed by atoms with Crippen molar-refractivity contribution in [3.8, 4) is 0 Å². The van der Waals surface area contributed by atoms with Crippen LogP contribution in [0.15, 0.2) is 29.2 Å². The van der Waals surface area contributed by atoms with E-state index in [1.807, 2.05) is 0 Å². The molecule has 15 heavy (non-hydrogen) atoms. The van der Waals surface area contributed by atoms with E-state index in [9.17, 15) is 0 Å². The molecule has 1 rings (SSSR count). The van der Waals surface area contributed by atoms with Gasteiger partial charge in [-0.05, 0) is 18.4 Å². The Labute approximate surface area is 96.8 Å². The van der Waals surface area contributed by atoms with Crippen LogP contribution in [0, 0.1) is 0 Å². The maximum atomic E-state index is 2.39. The van der Waals surface area contributed by atoms with Crippen LogP contribution in [0.2, 0.25) is 0 Å². The van der Waals surface area contributed by atoms with Gasteiger partial charge in [-0.15, -0.1) is 11.8 Å². The highest BCUT2D eigenvalue weighted by Gasteiger charge is 1.96. The monoisotopic (exact) mass is 226 g/mol. The summed E-state index contributed by atoms with van der Waals surface area (Å²) in [7, 11) is 2.13. The minimum absolute atomic E-state index is 1.11. The lowest BCUT2D eigenvalue weighted by atomic mass is 10.2. The first-order chi connectivity index (χ1) is 7.36. The van der Waals surface area contributed by atoms with Crippen LogP contribution in [-0.4, -0.2) is 26.4 Å². The predicted molar refractivity (Wildman–Crippen MR) is 66.1 cm³/mol. The summed E-state index contributed by atoms with van der Waals surface area (Å²) in [6.07, 6.45) is 3.40. The zero-order valence-corrected chi connectivity index (χ0v) is 10.5. The molecule has 0 amide bonds. The molecule has 0 radical (unpaired) electrons. The quantitative estimate of drug-likeness (QED) is 0.500. The van der Waals surface area contributed by atoms with Crippen LogP contribution in [0.1, 0.15) is 12.0 Å². The molecule has 0 spiro atoms. The summed E-state index contributed by atoms with van der Waals surface area (Å²) < 4.78 is 0. The second-order valence-corrected chi connectivity index (χ2v) is 4.56. The van der Waals surface area contributed by atoms with E-state index >= 15 is 0 Å². The molecule has 2 nitrogen and oxygen atoms in total. The third-order valence-corrected chi connectivity index (χ3v) is 3.18. The normalized spacial score (nSPS) is 10.5. The fourth-order valence-corrected chi connectivity index (χ4v) is 1.90. The van der Waals surface area contributed by atoms with Gasteiger partial charge in [-0.25, -0.2) is 0 Å². The van der Waals surface area contributed by atoms with Gasteiger partial charge in [0.1, 0.15) is 6.54 Å². The molecule has 0 atom stereocenters. The Morgan fingerprint density at radius 1 is 1.13 bits per heavy atom. The lowest BCUT2D eigenvalue weighted by Gasteiger charge is -2.02. The second-order valence-electron chi connectivity index (χ2n) is 3.68. The molecule has 0 aliphatic carbocycles. The zero-order chi connectivity index (χ0) is 10.9. The number of hydrogen-bond acceptors (Lipinski definition) is 1. The molecular weight excluding hydrogens is 204 g/mol. The molecule has 0 aromatic heterocycles. The second kappa shape index (κ2) is 7.74. The number of benzene rings is 1. The van der Waals surface area contributed by atoms with Crippen LogP contribution in [0.3, 0.4) is 0 Å². The molecule has 0 fully saturated rings. The Balaban J connectivity index is 2.20. The van der Waals surface area contributed by atoms with Gasteiger partial charge in [0, 0.05) is 16.9 Å². The van der Waals surface area contributed by atoms with E-state index in [1.54, 1.807) is 11.8 Å². The van der Waals surface area contributed by atoms with Gasteiger partial charge < -0.3 is 10.6 Å². The van der Waals surface area contributed by atoms with Gasteiger partial charge in [-0.1, -0.05) is 12.1 Å². The van der Waals surface area contributed by atoms with Crippen molar-refractivity contribution < 1.29 is 10.6 Å². The highest BCUT2D eigenvalue weighted by molar-refractivity contribution is 7.98. The average molecular weight is 226 g/mol. The van der Waals surface area contributed by atoms with E-state index in [2.05, 4.69) is 48.2 Å². The van der Waals surface area contributed by atoms with E-state index in [0.717, 1.165) is 6.54 Å². The fraction of sp³-hybridized carbons (Fsp3) is 0.500. The first-order valence-electron chi connectivity index (χ1n) is 5.59. The molecule has 0 saturated heterocycles. The smallest absolute Gasteiger partial charge is 0.101 e. The lowest BCUT2D eigenvalue weighted by molar-refractivity contribution is -0.682. The molecule has 0 unspecified atom stereocenters. The topological polar surface area (TPSA) is 33.2 Å². The lowest BCUT2D eigenvalue weighted by Crippen LogP contribution is -2.85. The zero-order valence-electron chi connectivity index (χ0n) is 9.70. The van der Waals surface area contributed by atoms with E-state index in [0.29, 0.717) is 0 Å². The summed E-state index contributed by atoms with van der Waals surface area (Å²) in [6.45, 7) is 3.58. The standard InChI is InChI=1S/C12H20N2S/c1-13-8-3-9-14-10-11-4-6-12(15-2)7-5-11/h4-7,13-14H,3,8-10H2,1-2H3/p+2. The maximum absolute atomic E-state index is 2.39. The molecule has 84 valence electrons. The number of hydrogen-bond donors (Lipinski definition) is 2. The van der Waals surface area contributed by atoms with Crippen LogP contribution in [-0.2, 0) is 6.54 Å². The van der Waals surface area contributed by atoms with Crippen molar-refractivity contribution in [1.82, 2.24) is 0 Å². The van der Waals surface area contributed by atoms with Crippen molar-refractivity contribution in [3.05, 3.63) is 29.8 Å². The number of quaternary nitrogens is 2. The number of nitrogens with two attached hydrogens (primary N) is 2. The Hall–Kier alpha value is -0.510. The molecule has 0 heterocycles. The van der Waals surface area contributed by atoms with Gasteiger partial charge in [0.15, 0.2) is 0 Å². The molecular formula is C12H22N2S+2. The predicted octanol–water partition coefficient (Wildman–Crippen LogP) is 0.0552. The molecule has 1 aromatic carbocycles. The molecule has 0 aliphatic heterocycles. The van der Waals surface area contributed by atoms with Crippen molar-refractivity contribution in [2.24, 2.45) is 0 Å². The molecule has 0 bridgehead atoms. The fourth-order valence-electron chi connectivity index (χ4n) is 1.50. The minimum Gasteiger partial charge on any atom is -0.349 e. The van der Waals surface area contributed by atoms with Crippen LogP contribution < -0.4 is 10.6 Å². The summed E-state index contributed by atoms with van der Waals surface area (Å²) in [4.78, 5) is 1.35. The van der Waals surface area contributed by atoms with Gasteiger partial charge >= 0.3 is 0 Å². The molecule has 0 aliphatic rings. The largest absolute Gasteiger partial charge is 0.349 e. The third kappa shape index (κ3) is 5.21. The van der Waals surface area contributed by atoms with Gasteiger partial charge in [-0.2, -0.15) is 0 Å². The summed E-state index contributed by atoms with van der Waals surface area (Å²) in [5.74, 6) is 0. The molecule has 0 saturated carbocycles. The Morgan fingerprint density at radius 2 is 1.87 bits per heavy atom. The number of thioether (sulfide) groups is 1. The molecule has 3 heteroatoms. The van der Waals surface area contributed by atoms with E-state index in [4.69, 9.17) is 0 Å². The molecule has 1 aromatic rings. The van der Waals surface area contributed by atoms with Crippen molar-refractivity contribution >= 4 is 11.8 Å². The van der Waals surface area contributed by atoms with Gasteiger partial charge in [0.2, 0.25) is 0 Å². The Bertz CT molecular complexity index is 259. The average Bonchev–Trinajstić information content (AvgIpc) is 2.30. The van der Waals surface area contributed by atoms with Crippen LogP contribution in [0.5, 0.6) is 0 Å². The van der Waals surface area contributed by atoms with Crippen LogP contribution in [0.4, 0.5) is 0 Å². The van der Waals surface area contributed by atoms with Crippen molar-refractivity contribution in [3.63, 3.8) is 0 Å². The van der Waals surface area contributed by atoms with E-state index in [-0.39, 0.29) is 0 Å². The highest BCUT2D eigenvalue weighted by atomic mass is 32.2. The van der Waals surface area contributed by atoms with Crippen molar-refractivity contribution in [1.29, 1.82) is 0 Å². The van der Waals surface area contributed by atoms with Crippen molar-refractivity contribution in [2.75, 3.05) is 26.4 Å². The van der Waals surface area contributed by atoms with Crippen LogP contribution >= 0.6 is 11.8 Å². The Kier molecular flexibility index (Phi) is 6.48. The SMILES string of the molecule is C[NH2+]CCC[NH2+]Cc1ccc(SC)cc1. The minimum atomic E-state index is 1.11. The first-order valence-corrected chi connectivity index (χ1v) is 6.81. The van der Waals surface area contributed by atoms with E-state index in [1.165, 1.54) is 30.0 Å². The third-order valence-electron chi connectivity index (χ3n) is 2.44. The van der Waals surface area contributed by atoms with E-state index < -0.39 is 0 Å². The first kappa shape index (κ1) is 12.6. The van der Waals surface area contributed by atoms with Crippen molar-refractivity contribution in [2.45, 2.75) is 17.9 Å². The van der Waals surface area contributed by atoms with Gasteiger partial charge in [0.25, 0.3) is 0 Å². The molecule has 4 N–H and O–H groups in total. The Morgan fingerprint density at radius 3 is 2.47 bits per heavy atom. The summed E-state index contributed by atoms with van der Waals surface area (Å²) in [6, 6.07) is 8.86. The van der Waals surface area contributed by atoms with Gasteiger partial charge in [-0.3, -0.25) is 0 Å². The van der Waals surface area contributed by atoms with Crippen LogP contribution in [0.25, 0.3) is 0 Å². The summed E-state index contributed by atoms with van der Waals surface area (Å²) in [5.41, 5.74) is 1.42. The maximum Gasteiger partial charge on any atom is 0.101 e.